The van der Waals surface area contributed by atoms with Crippen LogP contribution in [0.4, 0.5) is 13.2 Å². The Morgan fingerprint density at radius 3 is 2.50 bits per heavy atom. The number of alkyl halides is 3. The molecule has 0 saturated heterocycles. The molecule has 1 fully saturated rings. The molecule has 0 amide bonds. The fourth-order valence-electron chi connectivity index (χ4n) is 2.63. The van der Waals surface area contributed by atoms with E-state index in [1.165, 1.54) is 0 Å². The number of rotatable bonds is 7. The van der Waals surface area contributed by atoms with Gasteiger partial charge in [-0.3, -0.25) is 0 Å². The van der Waals surface area contributed by atoms with Gasteiger partial charge in [-0.05, 0) is 32.7 Å². The summed E-state index contributed by atoms with van der Waals surface area (Å²) in [5.74, 6) is 0. The van der Waals surface area contributed by atoms with Crippen LogP contribution >= 0.6 is 0 Å². The second kappa shape index (κ2) is 6.24. The first-order chi connectivity index (χ1) is 8.33. The first-order valence-corrected chi connectivity index (χ1v) is 6.75. The Bertz CT molecular complexity index is 257. The molecule has 18 heavy (non-hydrogen) atoms. The van der Waals surface area contributed by atoms with Crippen molar-refractivity contribution in [3.63, 3.8) is 0 Å². The van der Waals surface area contributed by atoms with Crippen LogP contribution in [0, 0.1) is 5.41 Å². The van der Waals surface area contributed by atoms with Gasteiger partial charge in [0.25, 0.3) is 0 Å². The molecule has 5 heteroatoms. The highest BCUT2D eigenvalue weighted by molar-refractivity contribution is 5.04. The molecule has 0 aromatic heterocycles. The van der Waals surface area contributed by atoms with Crippen LogP contribution in [0.1, 0.15) is 46.5 Å². The minimum atomic E-state index is -4.04. The third-order valence-corrected chi connectivity index (χ3v) is 4.14. The normalized spacial score (nSPS) is 32.3. The summed E-state index contributed by atoms with van der Waals surface area (Å²) < 4.78 is 41.7. The maximum Gasteiger partial charge on any atom is 0.389 e. The van der Waals surface area contributed by atoms with Crippen molar-refractivity contribution in [1.29, 1.82) is 0 Å². The number of nitrogens with one attached hydrogen (secondary N) is 1. The molecule has 1 aliphatic rings. The van der Waals surface area contributed by atoms with Gasteiger partial charge in [-0.2, -0.15) is 13.2 Å². The second-order valence-electron chi connectivity index (χ2n) is 5.26. The van der Waals surface area contributed by atoms with Crippen LogP contribution in [0.15, 0.2) is 0 Å². The van der Waals surface area contributed by atoms with Crippen LogP contribution in [0.2, 0.25) is 0 Å². The van der Waals surface area contributed by atoms with Crippen molar-refractivity contribution in [2.45, 2.75) is 64.8 Å². The van der Waals surface area contributed by atoms with Gasteiger partial charge in [-0.1, -0.05) is 13.8 Å². The fraction of sp³-hybridized carbons (Fsp3) is 1.00. The van der Waals surface area contributed by atoms with Gasteiger partial charge in [0.15, 0.2) is 0 Å². The van der Waals surface area contributed by atoms with Crippen molar-refractivity contribution in [1.82, 2.24) is 5.32 Å². The largest absolute Gasteiger partial charge is 0.389 e. The van der Waals surface area contributed by atoms with Gasteiger partial charge in [0, 0.05) is 24.5 Å². The standard InChI is InChI=1S/C13H24F3NO/c1-4-12(3)10(9-11(12)18-5-2)17-8-6-7-13(14,15)16/h10-11,17H,4-9H2,1-3H3. The summed E-state index contributed by atoms with van der Waals surface area (Å²) in [6.07, 6.45) is -2.46. The minimum absolute atomic E-state index is 0.0637. The van der Waals surface area contributed by atoms with E-state index in [-0.39, 0.29) is 24.0 Å². The molecule has 1 N–H and O–H groups in total. The minimum Gasteiger partial charge on any atom is -0.378 e. The van der Waals surface area contributed by atoms with Crippen LogP contribution < -0.4 is 5.32 Å². The van der Waals surface area contributed by atoms with Gasteiger partial charge in [-0.25, -0.2) is 0 Å². The predicted molar refractivity (Wildman–Crippen MR) is 65.5 cm³/mol. The lowest BCUT2D eigenvalue weighted by Crippen LogP contribution is -2.62. The zero-order valence-electron chi connectivity index (χ0n) is 11.4. The van der Waals surface area contributed by atoms with E-state index in [0.29, 0.717) is 13.2 Å². The molecule has 0 aromatic carbocycles. The molecule has 1 rings (SSSR count). The molecule has 108 valence electrons. The number of hydrogen-bond acceptors (Lipinski definition) is 2. The summed E-state index contributed by atoms with van der Waals surface area (Å²) >= 11 is 0. The highest BCUT2D eigenvalue weighted by Crippen LogP contribution is 2.45. The zero-order valence-corrected chi connectivity index (χ0v) is 11.4. The predicted octanol–water partition coefficient (Wildman–Crippen LogP) is 3.51. The molecule has 0 heterocycles. The Hall–Kier alpha value is -0.290. The van der Waals surface area contributed by atoms with Gasteiger partial charge < -0.3 is 10.1 Å². The summed E-state index contributed by atoms with van der Waals surface area (Å²) in [7, 11) is 0. The van der Waals surface area contributed by atoms with E-state index in [1.54, 1.807) is 0 Å². The molecule has 0 aromatic rings. The zero-order chi connectivity index (χ0) is 13.8. The fourth-order valence-corrected chi connectivity index (χ4v) is 2.63. The monoisotopic (exact) mass is 267 g/mol. The molecule has 1 saturated carbocycles. The Kier molecular flexibility index (Phi) is 5.46. The number of hydrogen-bond donors (Lipinski definition) is 1. The van der Waals surface area contributed by atoms with E-state index in [2.05, 4.69) is 19.2 Å². The van der Waals surface area contributed by atoms with E-state index in [9.17, 15) is 13.2 Å². The molecule has 2 nitrogen and oxygen atoms in total. The molecule has 0 bridgehead atoms. The molecular weight excluding hydrogens is 243 g/mol. The summed E-state index contributed by atoms with van der Waals surface area (Å²) in [6.45, 7) is 7.35. The third-order valence-electron chi connectivity index (χ3n) is 4.14. The summed E-state index contributed by atoms with van der Waals surface area (Å²) in [6, 6.07) is 0.285. The maximum atomic E-state index is 12.0. The van der Waals surface area contributed by atoms with Crippen molar-refractivity contribution in [3.8, 4) is 0 Å². The average molecular weight is 267 g/mol. The Labute approximate surface area is 107 Å². The van der Waals surface area contributed by atoms with E-state index in [0.717, 1.165) is 12.8 Å². The van der Waals surface area contributed by atoms with Crippen molar-refractivity contribution >= 4 is 0 Å². The molecule has 0 radical (unpaired) electrons. The van der Waals surface area contributed by atoms with Crippen LogP contribution in [0.3, 0.4) is 0 Å². The van der Waals surface area contributed by atoms with Crippen LogP contribution in [0.5, 0.6) is 0 Å². The van der Waals surface area contributed by atoms with E-state index in [4.69, 9.17) is 4.74 Å². The van der Waals surface area contributed by atoms with Gasteiger partial charge in [-0.15, -0.1) is 0 Å². The molecule has 1 aliphatic carbocycles. The van der Waals surface area contributed by atoms with Crippen LogP contribution in [0.25, 0.3) is 0 Å². The first kappa shape index (κ1) is 15.8. The summed E-state index contributed by atoms with van der Waals surface area (Å²) in [4.78, 5) is 0. The second-order valence-corrected chi connectivity index (χ2v) is 5.26. The number of halogens is 3. The molecular formula is C13H24F3NO. The Balaban J connectivity index is 2.28. The van der Waals surface area contributed by atoms with Crippen molar-refractivity contribution in [2.75, 3.05) is 13.2 Å². The van der Waals surface area contributed by atoms with E-state index in [1.807, 2.05) is 6.92 Å². The quantitative estimate of drug-likeness (QED) is 0.713. The third kappa shape index (κ3) is 3.85. The van der Waals surface area contributed by atoms with Crippen LogP contribution in [-0.2, 0) is 4.74 Å². The summed E-state index contributed by atoms with van der Waals surface area (Å²) in [5.41, 5.74) is 0.0637. The van der Waals surface area contributed by atoms with E-state index >= 15 is 0 Å². The lowest BCUT2D eigenvalue weighted by molar-refractivity contribution is -0.138. The van der Waals surface area contributed by atoms with Gasteiger partial charge in [0.05, 0.1) is 6.10 Å². The lowest BCUT2D eigenvalue weighted by Gasteiger charge is -2.53. The van der Waals surface area contributed by atoms with Crippen molar-refractivity contribution in [2.24, 2.45) is 5.41 Å². The molecule has 0 aliphatic heterocycles. The van der Waals surface area contributed by atoms with Gasteiger partial charge in [0.1, 0.15) is 0 Å². The Morgan fingerprint density at radius 1 is 1.33 bits per heavy atom. The SMILES string of the molecule is CCOC1CC(NCCCC(F)(F)F)C1(C)CC. The average Bonchev–Trinajstić information content (AvgIpc) is 2.29. The number of ether oxygens (including phenoxy) is 1. The molecule has 0 spiro atoms. The maximum absolute atomic E-state index is 12.0. The topological polar surface area (TPSA) is 21.3 Å². The highest BCUT2D eigenvalue weighted by Gasteiger charge is 2.50. The molecule has 3 atom stereocenters. The van der Waals surface area contributed by atoms with Crippen molar-refractivity contribution < 1.29 is 17.9 Å². The van der Waals surface area contributed by atoms with Gasteiger partial charge >= 0.3 is 6.18 Å². The smallest absolute Gasteiger partial charge is 0.378 e. The Morgan fingerprint density at radius 2 is 2.00 bits per heavy atom. The van der Waals surface area contributed by atoms with E-state index < -0.39 is 12.6 Å². The lowest BCUT2D eigenvalue weighted by atomic mass is 9.61. The van der Waals surface area contributed by atoms with Gasteiger partial charge in [0.2, 0.25) is 0 Å². The molecule has 3 unspecified atom stereocenters. The highest BCUT2D eigenvalue weighted by atomic mass is 19.4. The van der Waals surface area contributed by atoms with Crippen molar-refractivity contribution in [3.05, 3.63) is 0 Å². The van der Waals surface area contributed by atoms with Crippen LogP contribution in [-0.4, -0.2) is 31.5 Å². The summed E-state index contributed by atoms with van der Waals surface area (Å²) in [5, 5.41) is 3.24. The first-order valence-electron chi connectivity index (χ1n) is 6.75.